The van der Waals surface area contributed by atoms with E-state index in [0.717, 1.165) is 35.2 Å². The van der Waals surface area contributed by atoms with Gasteiger partial charge >= 0.3 is 0 Å². The van der Waals surface area contributed by atoms with E-state index in [4.69, 9.17) is 0 Å². The Hall–Kier alpha value is -2.20. The first-order chi connectivity index (χ1) is 10.2. The van der Waals surface area contributed by atoms with Crippen molar-refractivity contribution in [2.24, 2.45) is 7.05 Å². The van der Waals surface area contributed by atoms with Gasteiger partial charge in [0.05, 0.1) is 11.8 Å². The molecule has 104 valence electrons. The van der Waals surface area contributed by atoms with Crippen LogP contribution < -0.4 is 0 Å². The number of carbonyl (C=O) groups excluding carboxylic acids is 1. The second kappa shape index (κ2) is 4.67. The van der Waals surface area contributed by atoms with E-state index in [0.29, 0.717) is 0 Å². The van der Waals surface area contributed by atoms with Crippen LogP contribution in [0.3, 0.4) is 0 Å². The number of hydrogen-bond donors (Lipinski definition) is 0. The average molecular weight is 294 g/mol. The van der Waals surface area contributed by atoms with Crippen molar-refractivity contribution < 1.29 is 4.79 Å². The van der Waals surface area contributed by atoms with Crippen molar-refractivity contribution >= 4 is 33.3 Å². The number of benzene rings is 1. The summed E-state index contributed by atoms with van der Waals surface area (Å²) in [4.78, 5) is 12.6. The minimum absolute atomic E-state index is 0.125. The number of aromatic nitrogens is 2. The molecule has 3 aromatic rings. The van der Waals surface area contributed by atoms with Crippen LogP contribution in [-0.2, 0) is 13.5 Å². The van der Waals surface area contributed by atoms with Gasteiger partial charge in [0.15, 0.2) is 5.78 Å². The first-order valence-electron chi connectivity index (χ1n) is 6.96. The molecule has 0 fully saturated rings. The van der Waals surface area contributed by atoms with Gasteiger partial charge in [-0.25, -0.2) is 0 Å². The minimum Gasteiger partial charge on any atom is -0.289 e. The lowest BCUT2D eigenvalue weighted by atomic mass is 9.90. The van der Waals surface area contributed by atoms with Crippen molar-refractivity contribution in [1.82, 2.24) is 9.78 Å². The molecule has 0 atom stereocenters. The van der Waals surface area contributed by atoms with E-state index in [-0.39, 0.29) is 5.78 Å². The summed E-state index contributed by atoms with van der Waals surface area (Å²) in [5.41, 5.74) is 3.84. The molecule has 4 heteroatoms. The number of allylic oxidation sites excluding steroid dienone is 1. The lowest BCUT2D eigenvalue weighted by Gasteiger charge is -2.14. The monoisotopic (exact) mass is 294 g/mol. The summed E-state index contributed by atoms with van der Waals surface area (Å²) in [7, 11) is 1.90. The second-order valence-corrected chi connectivity index (χ2v) is 6.23. The van der Waals surface area contributed by atoms with Crippen molar-refractivity contribution in [2.45, 2.75) is 12.8 Å². The number of rotatable bonds is 1. The molecule has 0 amide bonds. The second-order valence-electron chi connectivity index (χ2n) is 5.31. The maximum Gasteiger partial charge on any atom is 0.192 e. The smallest absolute Gasteiger partial charge is 0.192 e. The van der Waals surface area contributed by atoms with Crippen molar-refractivity contribution in [1.29, 1.82) is 0 Å². The van der Waals surface area contributed by atoms with E-state index < -0.39 is 0 Å². The van der Waals surface area contributed by atoms with Crippen LogP contribution in [0.1, 0.15) is 28.0 Å². The SMILES string of the molecule is Cn1ncc2c1CC/C(=C/c1csc3ccccc13)C2=O. The molecule has 2 heterocycles. The standard InChI is InChI=1S/C17H14N2OS/c1-19-15-7-6-11(17(20)14(15)9-18-19)8-12-10-21-16-5-3-2-4-13(12)16/h2-5,8-10H,6-7H2,1H3/b11-8-. The minimum atomic E-state index is 0.125. The molecular weight excluding hydrogens is 280 g/mol. The summed E-state index contributed by atoms with van der Waals surface area (Å²) in [6.45, 7) is 0. The van der Waals surface area contributed by atoms with Gasteiger partial charge in [0.25, 0.3) is 0 Å². The van der Waals surface area contributed by atoms with Crippen molar-refractivity contribution in [2.75, 3.05) is 0 Å². The average Bonchev–Trinajstić information content (AvgIpc) is 3.07. The van der Waals surface area contributed by atoms with Crippen molar-refractivity contribution in [3.05, 3.63) is 58.2 Å². The Morgan fingerprint density at radius 3 is 3.05 bits per heavy atom. The molecule has 0 saturated heterocycles. The Balaban J connectivity index is 1.79. The van der Waals surface area contributed by atoms with Gasteiger partial charge in [-0.2, -0.15) is 5.10 Å². The molecule has 4 rings (SSSR count). The van der Waals surface area contributed by atoms with E-state index in [2.05, 4.69) is 28.7 Å². The van der Waals surface area contributed by atoms with Gasteiger partial charge in [-0.3, -0.25) is 9.48 Å². The number of nitrogens with zero attached hydrogens (tertiary/aromatic N) is 2. The van der Waals surface area contributed by atoms with Crippen LogP contribution >= 0.6 is 11.3 Å². The van der Waals surface area contributed by atoms with Crippen LogP contribution in [-0.4, -0.2) is 15.6 Å². The quantitative estimate of drug-likeness (QED) is 0.639. The highest BCUT2D eigenvalue weighted by Crippen LogP contribution is 2.31. The van der Waals surface area contributed by atoms with Gasteiger partial charge in [-0.05, 0) is 41.3 Å². The Kier molecular flexibility index (Phi) is 2.79. The lowest BCUT2D eigenvalue weighted by molar-refractivity contribution is 0.102. The Bertz CT molecular complexity index is 885. The Morgan fingerprint density at radius 2 is 2.14 bits per heavy atom. The number of fused-ring (bicyclic) bond motifs is 2. The molecule has 0 spiro atoms. The first-order valence-corrected chi connectivity index (χ1v) is 7.84. The Morgan fingerprint density at radius 1 is 1.29 bits per heavy atom. The number of hydrogen-bond acceptors (Lipinski definition) is 3. The van der Waals surface area contributed by atoms with Crippen LogP contribution in [0.25, 0.3) is 16.2 Å². The van der Waals surface area contributed by atoms with E-state index in [1.54, 1.807) is 17.5 Å². The van der Waals surface area contributed by atoms with E-state index >= 15 is 0 Å². The summed E-state index contributed by atoms with van der Waals surface area (Å²) >= 11 is 1.72. The van der Waals surface area contributed by atoms with Crippen LogP contribution in [0.4, 0.5) is 0 Å². The highest BCUT2D eigenvalue weighted by molar-refractivity contribution is 7.17. The van der Waals surface area contributed by atoms with Gasteiger partial charge in [0.1, 0.15) is 0 Å². The molecule has 0 aliphatic heterocycles. The predicted octanol–water partition coefficient (Wildman–Crippen LogP) is 3.85. The summed E-state index contributed by atoms with van der Waals surface area (Å²) in [6, 6.07) is 8.31. The number of ketones is 1. The molecule has 1 aliphatic rings. The summed E-state index contributed by atoms with van der Waals surface area (Å²) in [5, 5.41) is 7.55. The number of carbonyl (C=O) groups is 1. The zero-order chi connectivity index (χ0) is 14.4. The molecule has 0 bridgehead atoms. The van der Waals surface area contributed by atoms with E-state index in [1.807, 2.05) is 23.9 Å². The van der Waals surface area contributed by atoms with Gasteiger partial charge in [-0.1, -0.05) is 18.2 Å². The molecule has 1 aliphatic carbocycles. The van der Waals surface area contributed by atoms with Crippen LogP contribution in [0.15, 0.2) is 41.4 Å². The highest BCUT2D eigenvalue weighted by atomic mass is 32.1. The lowest BCUT2D eigenvalue weighted by Crippen LogP contribution is -2.14. The molecule has 0 saturated carbocycles. The largest absolute Gasteiger partial charge is 0.289 e. The fourth-order valence-corrected chi connectivity index (χ4v) is 3.84. The van der Waals surface area contributed by atoms with Gasteiger partial charge < -0.3 is 0 Å². The third-order valence-corrected chi connectivity index (χ3v) is 5.05. The van der Waals surface area contributed by atoms with Crippen molar-refractivity contribution in [3.63, 3.8) is 0 Å². The number of Topliss-reactive ketones (excluding diaryl/α,β-unsaturated/α-hetero) is 1. The molecule has 1 aromatic carbocycles. The van der Waals surface area contributed by atoms with Gasteiger partial charge in [0.2, 0.25) is 0 Å². The number of thiophene rings is 1. The fraction of sp³-hybridized carbons (Fsp3) is 0.176. The molecule has 0 N–H and O–H groups in total. The molecule has 3 nitrogen and oxygen atoms in total. The normalized spacial score (nSPS) is 16.6. The fourth-order valence-electron chi connectivity index (χ4n) is 2.92. The van der Waals surface area contributed by atoms with Gasteiger partial charge in [0, 0.05) is 23.0 Å². The zero-order valence-electron chi connectivity index (χ0n) is 11.7. The predicted molar refractivity (Wildman–Crippen MR) is 85.7 cm³/mol. The van der Waals surface area contributed by atoms with Crippen LogP contribution in [0.5, 0.6) is 0 Å². The van der Waals surface area contributed by atoms with Gasteiger partial charge in [-0.15, -0.1) is 11.3 Å². The molecule has 2 aromatic heterocycles. The topological polar surface area (TPSA) is 34.9 Å². The molecular formula is C17H14N2OS. The van der Waals surface area contributed by atoms with E-state index in [9.17, 15) is 4.79 Å². The first kappa shape index (κ1) is 12.5. The third-order valence-electron chi connectivity index (χ3n) is 4.07. The molecule has 21 heavy (non-hydrogen) atoms. The highest BCUT2D eigenvalue weighted by Gasteiger charge is 2.25. The third kappa shape index (κ3) is 1.94. The summed E-state index contributed by atoms with van der Waals surface area (Å²) < 4.78 is 3.07. The maximum absolute atomic E-state index is 12.6. The number of aryl methyl sites for hydroxylation is 1. The zero-order valence-corrected chi connectivity index (χ0v) is 12.5. The Labute approximate surface area is 126 Å². The maximum atomic E-state index is 12.6. The molecule has 0 unspecified atom stereocenters. The summed E-state index contributed by atoms with van der Waals surface area (Å²) in [6.07, 6.45) is 5.41. The van der Waals surface area contributed by atoms with E-state index in [1.165, 1.54) is 10.1 Å². The summed E-state index contributed by atoms with van der Waals surface area (Å²) in [5.74, 6) is 0.125. The van der Waals surface area contributed by atoms with Crippen LogP contribution in [0.2, 0.25) is 0 Å². The van der Waals surface area contributed by atoms with Crippen LogP contribution in [0, 0.1) is 0 Å². The molecule has 0 radical (unpaired) electrons. The van der Waals surface area contributed by atoms with Crippen molar-refractivity contribution in [3.8, 4) is 0 Å².